The third-order valence-electron chi connectivity index (χ3n) is 5.64. The van der Waals surface area contributed by atoms with Crippen LogP contribution < -0.4 is 14.8 Å². The Morgan fingerprint density at radius 2 is 1.86 bits per heavy atom. The van der Waals surface area contributed by atoms with E-state index in [9.17, 15) is 13.2 Å². The van der Waals surface area contributed by atoms with Gasteiger partial charge in [0.2, 0.25) is 11.8 Å². The van der Waals surface area contributed by atoms with Gasteiger partial charge in [0.05, 0.1) is 11.9 Å². The van der Waals surface area contributed by atoms with Crippen molar-refractivity contribution in [3.05, 3.63) is 77.1 Å². The molecule has 10 nitrogen and oxygen atoms in total. The van der Waals surface area contributed by atoms with E-state index >= 15 is 0 Å². The molecule has 4 aromatic rings. The van der Waals surface area contributed by atoms with E-state index in [0.717, 1.165) is 22.3 Å². The number of nitrogens with one attached hydrogen (secondary N) is 2. The van der Waals surface area contributed by atoms with Crippen molar-refractivity contribution in [3.63, 3.8) is 0 Å². The number of anilines is 1. The first-order chi connectivity index (χ1) is 16.7. The molecule has 0 unspecified atom stereocenters. The van der Waals surface area contributed by atoms with Crippen LogP contribution in [0.15, 0.2) is 59.8 Å². The average molecular weight is 491 g/mol. The molecule has 1 aliphatic rings. The first kappa shape index (κ1) is 22.5. The van der Waals surface area contributed by atoms with Gasteiger partial charge < -0.3 is 10.1 Å². The van der Waals surface area contributed by atoms with Crippen molar-refractivity contribution in [2.24, 2.45) is 7.05 Å². The van der Waals surface area contributed by atoms with Crippen LogP contribution in [0.25, 0.3) is 11.3 Å². The summed E-state index contributed by atoms with van der Waals surface area (Å²) in [6.07, 6.45) is 2.63. The molecule has 2 N–H and O–H groups in total. The summed E-state index contributed by atoms with van der Waals surface area (Å²) in [6.45, 7) is 4.32. The predicted molar refractivity (Wildman–Crippen MR) is 129 cm³/mol. The quantitative estimate of drug-likeness (QED) is 0.424. The van der Waals surface area contributed by atoms with Crippen molar-refractivity contribution in [2.45, 2.75) is 25.3 Å². The maximum Gasteiger partial charge on any atom is 0.267 e. The van der Waals surface area contributed by atoms with Gasteiger partial charge in [-0.05, 0) is 48.7 Å². The lowest BCUT2D eigenvalue weighted by molar-refractivity contribution is 0.0965. The maximum atomic E-state index is 12.9. The molecule has 0 atom stereocenters. The fourth-order valence-corrected chi connectivity index (χ4v) is 4.91. The zero-order chi connectivity index (χ0) is 24.7. The Labute approximate surface area is 202 Å². The summed E-state index contributed by atoms with van der Waals surface area (Å²) in [6, 6.07) is 12.6. The monoisotopic (exact) mass is 490 g/mol. The number of amides is 1. The van der Waals surface area contributed by atoms with Crippen molar-refractivity contribution in [1.82, 2.24) is 25.1 Å². The minimum atomic E-state index is -3.98. The zero-order valence-electron chi connectivity index (χ0n) is 19.2. The first-order valence-electron chi connectivity index (χ1n) is 10.8. The maximum absolute atomic E-state index is 12.9. The van der Waals surface area contributed by atoms with Crippen molar-refractivity contribution in [3.8, 4) is 22.9 Å². The van der Waals surface area contributed by atoms with Gasteiger partial charge in [0.1, 0.15) is 10.6 Å². The number of aryl methyl sites for hydroxylation is 3. The van der Waals surface area contributed by atoms with E-state index in [1.54, 1.807) is 31.3 Å². The lowest BCUT2D eigenvalue weighted by atomic mass is 10.00. The molecular formula is C24H22N6O4S. The van der Waals surface area contributed by atoms with Crippen LogP contribution in [0.3, 0.4) is 0 Å². The molecule has 0 bridgehead atoms. The highest BCUT2D eigenvalue weighted by molar-refractivity contribution is 7.92. The largest absolute Gasteiger partial charge is 0.439 e. The number of ether oxygens (including phenoxy) is 1. The number of nitrogens with zero attached hydrogens (tertiary/aromatic N) is 4. The van der Waals surface area contributed by atoms with Crippen LogP contribution in [-0.2, 0) is 23.6 Å². The van der Waals surface area contributed by atoms with Crippen molar-refractivity contribution in [1.29, 1.82) is 0 Å². The summed E-state index contributed by atoms with van der Waals surface area (Å²) in [5.74, 6) is 0.353. The molecule has 3 heterocycles. The van der Waals surface area contributed by atoms with Crippen LogP contribution in [0.2, 0.25) is 0 Å². The van der Waals surface area contributed by atoms with E-state index in [0.29, 0.717) is 23.6 Å². The van der Waals surface area contributed by atoms with E-state index in [1.807, 2.05) is 32.0 Å². The second-order valence-corrected chi connectivity index (χ2v) is 9.92. The highest BCUT2D eigenvalue weighted by Gasteiger charge is 2.22. The van der Waals surface area contributed by atoms with Gasteiger partial charge in [-0.2, -0.15) is 10.1 Å². The van der Waals surface area contributed by atoms with Crippen LogP contribution in [-0.4, -0.2) is 34.1 Å². The molecule has 0 fully saturated rings. The van der Waals surface area contributed by atoms with Gasteiger partial charge in [0.15, 0.2) is 0 Å². The van der Waals surface area contributed by atoms with Crippen LogP contribution in [0.1, 0.15) is 27.0 Å². The van der Waals surface area contributed by atoms with E-state index in [2.05, 4.69) is 25.1 Å². The van der Waals surface area contributed by atoms with E-state index < -0.39 is 10.0 Å². The van der Waals surface area contributed by atoms with Crippen LogP contribution in [0.4, 0.5) is 5.95 Å². The predicted octanol–water partition coefficient (Wildman–Crippen LogP) is 3.33. The number of fused-ring (bicyclic) bond motifs is 1. The number of carbonyl (C=O) groups is 1. The molecule has 11 heteroatoms. The molecule has 1 aliphatic heterocycles. The Balaban J connectivity index is 1.57. The third-order valence-corrected chi connectivity index (χ3v) is 6.92. The fraction of sp³-hybridized carbons (Fsp3) is 0.167. The molecule has 0 saturated heterocycles. The van der Waals surface area contributed by atoms with Crippen molar-refractivity contribution < 1.29 is 17.9 Å². The Morgan fingerprint density at radius 3 is 2.57 bits per heavy atom. The van der Waals surface area contributed by atoms with Gasteiger partial charge >= 0.3 is 0 Å². The molecule has 2 aromatic carbocycles. The number of sulfonamides is 1. The van der Waals surface area contributed by atoms with Gasteiger partial charge in [-0.25, -0.2) is 18.1 Å². The lowest BCUT2D eigenvalue weighted by Crippen LogP contribution is -2.15. The topological polar surface area (TPSA) is 128 Å². The van der Waals surface area contributed by atoms with E-state index in [4.69, 9.17) is 4.74 Å². The molecule has 0 saturated carbocycles. The smallest absolute Gasteiger partial charge is 0.267 e. The van der Waals surface area contributed by atoms with Crippen molar-refractivity contribution in [2.75, 3.05) is 4.72 Å². The molecule has 178 valence electrons. The van der Waals surface area contributed by atoms with Gasteiger partial charge in [0, 0.05) is 37.0 Å². The van der Waals surface area contributed by atoms with Gasteiger partial charge in [-0.15, -0.1) is 0 Å². The lowest BCUT2D eigenvalue weighted by Gasteiger charge is -2.14. The van der Waals surface area contributed by atoms with Crippen LogP contribution in [0, 0.1) is 13.8 Å². The Bertz CT molecular complexity index is 1560. The highest BCUT2D eigenvalue weighted by atomic mass is 32.2. The average Bonchev–Trinajstić information content (AvgIpc) is 3.39. The first-order valence-corrected chi connectivity index (χ1v) is 12.2. The number of carbonyl (C=O) groups excluding carboxylic acids is 1. The minimum absolute atomic E-state index is 0.0145. The van der Waals surface area contributed by atoms with Gasteiger partial charge in [-0.3, -0.25) is 9.48 Å². The summed E-state index contributed by atoms with van der Waals surface area (Å²) in [7, 11) is -2.35. The fourth-order valence-electron chi connectivity index (χ4n) is 3.98. The molecule has 35 heavy (non-hydrogen) atoms. The zero-order valence-corrected chi connectivity index (χ0v) is 20.0. The molecule has 0 spiro atoms. The van der Waals surface area contributed by atoms with Crippen LogP contribution >= 0.6 is 0 Å². The number of rotatable bonds is 6. The Hall–Kier alpha value is -4.25. The highest BCUT2D eigenvalue weighted by Crippen LogP contribution is 2.32. The number of aromatic nitrogens is 4. The summed E-state index contributed by atoms with van der Waals surface area (Å²) >= 11 is 0. The molecule has 0 radical (unpaired) electrons. The molecule has 1 amide bonds. The minimum Gasteiger partial charge on any atom is -0.439 e. The van der Waals surface area contributed by atoms with Crippen LogP contribution in [0.5, 0.6) is 11.6 Å². The number of hydrogen-bond donors (Lipinski definition) is 2. The molecular weight excluding hydrogens is 468 g/mol. The molecule has 2 aromatic heterocycles. The van der Waals surface area contributed by atoms with Crippen molar-refractivity contribution >= 4 is 21.9 Å². The Morgan fingerprint density at radius 1 is 1.09 bits per heavy atom. The number of benzene rings is 2. The summed E-state index contributed by atoms with van der Waals surface area (Å²) < 4.78 is 35.6. The number of hydrogen-bond acceptors (Lipinski definition) is 7. The normalized spacial score (nSPS) is 12.8. The second kappa shape index (κ2) is 8.51. The third kappa shape index (κ3) is 4.45. The summed E-state index contributed by atoms with van der Waals surface area (Å²) in [5, 5.41) is 6.69. The van der Waals surface area contributed by atoms with E-state index in [-0.39, 0.29) is 22.6 Å². The Kier molecular flexibility index (Phi) is 5.48. The summed E-state index contributed by atoms with van der Waals surface area (Å²) in [4.78, 5) is 20.6. The standard InChI is InChI=1S/C24H22N6O4S/c1-14-5-4-6-15(2)22(14)20-10-21(34-17-7-8-19-16(9-17)11-25-23(19)31)28-24(27-20)29-35(32,33)18-12-26-30(3)13-18/h4-10,12-13H,11H2,1-3H3,(H,25,31)(H,27,28,29). The van der Waals surface area contributed by atoms with Gasteiger partial charge in [0.25, 0.3) is 15.9 Å². The second-order valence-electron chi connectivity index (χ2n) is 8.24. The molecule has 0 aliphatic carbocycles. The SMILES string of the molecule is Cc1cccc(C)c1-c1cc(Oc2ccc3c(c2)CNC3=O)nc(NS(=O)(=O)c2cnn(C)c2)n1. The summed E-state index contributed by atoms with van der Waals surface area (Å²) in [5.41, 5.74) is 4.71. The van der Waals surface area contributed by atoms with E-state index in [1.165, 1.54) is 17.1 Å². The molecule has 5 rings (SSSR count). The van der Waals surface area contributed by atoms with Gasteiger partial charge in [-0.1, -0.05) is 18.2 Å².